The molecular weight excluding hydrogens is 503 g/mol. The summed E-state index contributed by atoms with van der Waals surface area (Å²) in [6.07, 6.45) is 8.94. The normalized spacial score (nSPS) is 13.9. The molecular formula is C31H29FN8. The van der Waals surface area contributed by atoms with Gasteiger partial charge in [-0.2, -0.15) is 5.10 Å². The summed E-state index contributed by atoms with van der Waals surface area (Å²) in [6, 6.07) is 17.6. The van der Waals surface area contributed by atoms with Crippen molar-refractivity contribution in [2.75, 3.05) is 18.0 Å². The molecule has 0 atom stereocenters. The first-order chi connectivity index (χ1) is 19.7. The van der Waals surface area contributed by atoms with Gasteiger partial charge in [-0.3, -0.25) is 10.1 Å². The molecule has 0 spiro atoms. The van der Waals surface area contributed by atoms with E-state index in [0.717, 1.165) is 41.8 Å². The van der Waals surface area contributed by atoms with Crippen LogP contribution in [0.1, 0.15) is 30.4 Å². The number of piperidine rings is 1. The van der Waals surface area contributed by atoms with Gasteiger partial charge in [-0.15, -0.1) is 0 Å². The third kappa shape index (κ3) is 4.69. The number of pyridine rings is 2. The first-order valence-corrected chi connectivity index (χ1v) is 13.7. The standard InChI is InChI=1S/C31H29FN8/c32-25-15-26-24(14-23(25)22-13-21(18-34-19-22)17-33-16-20-7-3-1-4-8-20)28(39-38-26)31-36-29-27(9-10-35-30(29)37-31)40-11-5-2-6-12-40/h1,3-4,7-10,13-15,18-19,33H,2,5-6,11-12,16-17H2,(H,38,39)(H,35,36,37). The second-order valence-electron chi connectivity index (χ2n) is 10.3. The van der Waals surface area contributed by atoms with Crippen LogP contribution < -0.4 is 10.2 Å². The minimum absolute atomic E-state index is 0.336. The lowest BCUT2D eigenvalue weighted by atomic mass is 10.0. The Morgan fingerprint density at radius 1 is 0.925 bits per heavy atom. The molecule has 7 rings (SSSR count). The predicted octanol–water partition coefficient (Wildman–Crippen LogP) is 5.98. The molecule has 8 nitrogen and oxygen atoms in total. The highest BCUT2D eigenvalue weighted by Gasteiger charge is 2.20. The Balaban J connectivity index is 1.20. The Morgan fingerprint density at radius 3 is 2.65 bits per heavy atom. The Labute approximate surface area is 230 Å². The van der Waals surface area contributed by atoms with Crippen LogP contribution in [0.5, 0.6) is 0 Å². The van der Waals surface area contributed by atoms with E-state index in [1.54, 1.807) is 6.20 Å². The van der Waals surface area contributed by atoms with Crippen LogP contribution in [0.2, 0.25) is 0 Å². The monoisotopic (exact) mass is 532 g/mol. The lowest BCUT2D eigenvalue weighted by Crippen LogP contribution is -2.29. The molecule has 6 aromatic rings. The van der Waals surface area contributed by atoms with Gasteiger partial charge in [-0.1, -0.05) is 30.3 Å². The Hall–Kier alpha value is -4.63. The van der Waals surface area contributed by atoms with Crippen LogP contribution in [0, 0.1) is 5.82 Å². The lowest BCUT2D eigenvalue weighted by molar-refractivity contribution is 0.578. The number of nitrogens with one attached hydrogen (secondary N) is 3. The average Bonchev–Trinajstić information content (AvgIpc) is 3.61. The number of aromatic nitrogens is 6. The van der Waals surface area contributed by atoms with Crippen molar-refractivity contribution in [2.45, 2.75) is 32.4 Å². The Bertz CT molecular complexity index is 1790. The zero-order chi connectivity index (χ0) is 26.9. The third-order valence-electron chi connectivity index (χ3n) is 7.55. The second kappa shape index (κ2) is 10.5. The smallest absolute Gasteiger partial charge is 0.180 e. The van der Waals surface area contributed by atoms with Crippen molar-refractivity contribution in [1.82, 2.24) is 35.5 Å². The predicted molar refractivity (Wildman–Crippen MR) is 155 cm³/mol. The maximum absolute atomic E-state index is 15.3. The fraction of sp³-hybridized carbons (Fsp3) is 0.226. The van der Waals surface area contributed by atoms with Crippen LogP contribution in [0.25, 0.3) is 44.7 Å². The quantitative estimate of drug-likeness (QED) is 0.234. The number of nitrogens with zero attached hydrogens (tertiary/aromatic N) is 5. The van der Waals surface area contributed by atoms with Crippen molar-refractivity contribution < 1.29 is 4.39 Å². The van der Waals surface area contributed by atoms with Crippen molar-refractivity contribution in [3.8, 4) is 22.6 Å². The van der Waals surface area contributed by atoms with Crippen molar-refractivity contribution >= 4 is 27.8 Å². The van der Waals surface area contributed by atoms with E-state index in [4.69, 9.17) is 4.98 Å². The van der Waals surface area contributed by atoms with Gasteiger partial charge in [0, 0.05) is 67.3 Å². The highest BCUT2D eigenvalue weighted by atomic mass is 19.1. The second-order valence-corrected chi connectivity index (χ2v) is 10.3. The fourth-order valence-corrected chi connectivity index (χ4v) is 5.53. The molecule has 0 bridgehead atoms. The van der Waals surface area contributed by atoms with Crippen LogP contribution in [-0.4, -0.2) is 43.2 Å². The summed E-state index contributed by atoms with van der Waals surface area (Å²) in [6.45, 7) is 3.42. The molecule has 1 aliphatic heterocycles. The topological polar surface area (TPSA) is 98.4 Å². The van der Waals surface area contributed by atoms with Crippen LogP contribution in [0.3, 0.4) is 0 Å². The maximum Gasteiger partial charge on any atom is 0.180 e. The maximum atomic E-state index is 15.3. The number of anilines is 1. The minimum atomic E-state index is -0.336. The van der Waals surface area contributed by atoms with Gasteiger partial charge < -0.3 is 15.2 Å². The molecule has 5 heterocycles. The molecule has 0 aliphatic carbocycles. The first-order valence-electron chi connectivity index (χ1n) is 13.7. The number of fused-ring (bicyclic) bond motifs is 2. The van der Waals surface area contributed by atoms with E-state index in [2.05, 4.69) is 47.5 Å². The van der Waals surface area contributed by atoms with Crippen molar-refractivity contribution in [3.05, 3.63) is 90.1 Å². The van der Waals surface area contributed by atoms with Crippen molar-refractivity contribution in [1.29, 1.82) is 0 Å². The van der Waals surface area contributed by atoms with Crippen LogP contribution in [0.15, 0.2) is 73.2 Å². The molecule has 0 saturated carbocycles. The SMILES string of the molecule is Fc1cc2[nH]nc(-c3nc4nccc(N5CCCCC5)c4[nH]3)c2cc1-c1cncc(CNCc2ccccc2)c1. The minimum Gasteiger partial charge on any atom is -0.370 e. The molecule has 1 fully saturated rings. The molecule has 9 heteroatoms. The summed E-state index contributed by atoms with van der Waals surface area (Å²) in [5.74, 6) is 0.269. The number of imidazole rings is 1. The summed E-state index contributed by atoms with van der Waals surface area (Å²) in [7, 11) is 0. The summed E-state index contributed by atoms with van der Waals surface area (Å²) in [5, 5.41) is 11.7. The van der Waals surface area contributed by atoms with E-state index >= 15 is 4.39 Å². The number of aromatic amines is 2. The Kier molecular flexibility index (Phi) is 6.41. The van der Waals surface area contributed by atoms with Gasteiger partial charge in [0.25, 0.3) is 0 Å². The molecule has 0 unspecified atom stereocenters. The summed E-state index contributed by atoms with van der Waals surface area (Å²) in [5.41, 5.74) is 7.27. The van der Waals surface area contributed by atoms with Gasteiger partial charge in [0.05, 0.1) is 11.2 Å². The third-order valence-corrected chi connectivity index (χ3v) is 7.55. The van der Waals surface area contributed by atoms with Crippen molar-refractivity contribution in [3.63, 3.8) is 0 Å². The van der Waals surface area contributed by atoms with E-state index in [0.29, 0.717) is 40.4 Å². The van der Waals surface area contributed by atoms with Crippen LogP contribution in [-0.2, 0) is 13.1 Å². The summed E-state index contributed by atoms with van der Waals surface area (Å²) >= 11 is 0. The Morgan fingerprint density at radius 2 is 1.77 bits per heavy atom. The molecule has 1 aliphatic rings. The highest BCUT2D eigenvalue weighted by molar-refractivity contribution is 5.97. The van der Waals surface area contributed by atoms with Gasteiger partial charge in [0.15, 0.2) is 11.5 Å². The van der Waals surface area contributed by atoms with Gasteiger partial charge in [0.2, 0.25) is 0 Å². The summed E-state index contributed by atoms with van der Waals surface area (Å²) in [4.78, 5) is 19.5. The lowest BCUT2D eigenvalue weighted by Gasteiger charge is -2.28. The molecule has 200 valence electrons. The largest absolute Gasteiger partial charge is 0.370 e. The zero-order valence-corrected chi connectivity index (χ0v) is 22.0. The summed E-state index contributed by atoms with van der Waals surface area (Å²) < 4.78 is 15.3. The van der Waals surface area contributed by atoms with E-state index in [1.165, 1.54) is 30.9 Å². The zero-order valence-electron chi connectivity index (χ0n) is 22.0. The molecule has 1 saturated heterocycles. The van der Waals surface area contributed by atoms with Gasteiger partial charge in [-0.25, -0.2) is 14.4 Å². The number of benzene rings is 2. The van der Waals surface area contributed by atoms with E-state index in [-0.39, 0.29) is 5.82 Å². The molecule has 0 radical (unpaired) electrons. The highest BCUT2D eigenvalue weighted by Crippen LogP contribution is 2.34. The molecule has 2 aromatic carbocycles. The molecule has 40 heavy (non-hydrogen) atoms. The molecule has 0 amide bonds. The number of H-pyrrole nitrogens is 2. The van der Waals surface area contributed by atoms with Gasteiger partial charge in [0.1, 0.15) is 17.0 Å². The average molecular weight is 533 g/mol. The first kappa shape index (κ1) is 24.4. The van der Waals surface area contributed by atoms with Gasteiger partial charge >= 0.3 is 0 Å². The number of rotatable bonds is 7. The van der Waals surface area contributed by atoms with Crippen LogP contribution in [0.4, 0.5) is 10.1 Å². The molecule has 4 aromatic heterocycles. The van der Waals surface area contributed by atoms with Crippen molar-refractivity contribution in [2.24, 2.45) is 0 Å². The molecule has 3 N–H and O–H groups in total. The van der Waals surface area contributed by atoms with Gasteiger partial charge in [-0.05, 0) is 48.6 Å². The van der Waals surface area contributed by atoms with E-state index < -0.39 is 0 Å². The number of halogens is 1. The van der Waals surface area contributed by atoms with E-state index in [9.17, 15) is 0 Å². The fourth-order valence-electron chi connectivity index (χ4n) is 5.53. The van der Waals surface area contributed by atoms with Crippen LogP contribution >= 0.6 is 0 Å². The number of hydrogen-bond acceptors (Lipinski definition) is 6. The number of hydrogen-bond donors (Lipinski definition) is 3. The van der Waals surface area contributed by atoms with E-state index in [1.807, 2.05) is 48.8 Å².